The van der Waals surface area contributed by atoms with Gasteiger partial charge in [0.1, 0.15) is 5.56 Å². The number of H-pyrrole nitrogens is 1. The summed E-state index contributed by atoms with van der Waals surface area (Å²) in [7, 11) is 0. The van der Waals surface area contributed by atoms with E-state index in [0.29, 0.717) is 6.42 Å². The van der Waals surface area contributed by atoms with Crippen LogP contribution in [0.2, 0.25) is 0 Å². The third-order valence-electron chi connectivity index (χ3n) is 1.52. The minimum atomic E-state index is -4.61. The predicted molar refractivity (Wildman–Crippen MR) is 50.6 cm³/mol. The molecule has 0 amide bonds. The molecule has 3 nitrogen and oxygen atoms in total. The van der Waals surface area contributed by atoms with E-state index in [1.807, 2.05) is 13.8 Å². The maximum atomic E-state index is 12.1. The van der Waals surface area contributed by atoms with Gasteiger partial charge in [0.15, 0.2) is 0 Å². The van der Waals surface area contributed by atoms with E-state index in [1.165, 1.54) is 0 Å². The van der Waals surface area contributed by atoms with Crippen molar-refractivity contribution >= 4 is 0 Å². The molecule has 0 aliphatic heterocycles. The van der Waals surface area contributed by atoms with Crippen molar-refractivity contribution in [2.24, 2.45) is 0 Å². The summed E-state index contributed by atoms with van der Waals surface area (Å²) in [5, 5.41) is 5.23. The highest BCUT2D eigenvalue weighted by atomic mass is 19.4. The van der Waals surface area contributed by atoms with Gasteiger partial charge < -0.3 is 0 Å². The molecule has 0 atom stereocenters. The Morgan fingerprint density at radius 2 is 1.93 bits per heavy atom. The molecule has 1 N–H and O–H groups in total. The summed E-state index contributed by atoms with van der Waals surface area (Å²) in [6.07, 6.45) is -4.26. The first kappa shape index (κ1) is 13.7. The van der Waals surface area contributed by atoms with Gasteiger partial charge in [0, 0.05) is 0 Å². The van der Waals surface area contributed by atoms with E-state index >= 15 is 0 Å². The van der Waals surface area contributed by atoms with E-state index in [9.17, 15) is 18.0 Å². The Hall–Kier alpha value is -1.33. The van der Waals surface area contributed by atoms with E-state index in [1.54, 1.807) is 12.0 Å². The fraction of sp³-hybridized carbons (Fsp3) is 0.556. The summed E-state index contributed by atoms with van der Waals surface area (Å²) in [6, 6.07) is 0.763. The van der Waals surface area contributed by atoms with Crippen LogP contribution in [0, 0.1) is 0 Å². The first-order chi connectivity index (χ1) is 6.95. The van der Waals surface area contributed by atoms with Crippen molar-refractivity contribution in [3.05, 3.63) is 27.7 Å². The molecule has 0 unspecified atom stereocenters. The van der Waals surface area contributed by atoms with Crippen molar-refractivity contribution < 1.29 is 13.2 Å². The van der Waals surface area contributed by atoms with Gasteiger partial charge in [-0.05, 0) is 12.5 Å². The number of aromatic amines is 1. The first-order valence-corrected chi connectivity index (χ1v) is 4.61. The lowest BCUT2D eigenvalue weighted by atomic mass is 10.2. The monoisotopic (exact) mass is 222 g/mol. The quantitative estimate of drug-likeness (QED) is 0.792. The second-order valence-corrected chi connectivity index (χ2v) is 2.45. The van der Waals surface area contributed by atoms with Gasteiger partial charge in [-0.15, -0.1) is 0 Å². The number of hydrogen-bond acceptors (Lipinski definition) is 2. The predicted octanol–water partition coefficient (Wildman–Crippen LogP) is 2.38. The van der Waals surface area contributed by atoms with Crippen LogP contribution in [-0.4, -0.2) is 10.2 Å². The molecule has 1 aromatic rings. The molecule has 1 heterocycles. The highest BCUT2D eigenvalue weighted by Gasteiger charge is 2.34. The number of nitrogens with one attached hydrogen (secondary N) is 1. The summed E-state index contributed by atoms with van der Waals surface area (Å²) < 4.78 is 36.4. The van der Waals surface area contributed by atoms with Gasteiger partial charge in [-0.25, -0.2) is 5.10 Å². The number of aromatic nitrogens is 2. The van der Waals surface area contributed by atoms with Crippen LogP contribution in [-0.2, 0) is 12.6 Å². The van der Waals surface area contributed by atoms with Crippen molar-refractivity contribution in [3.63, 3.8) is 0 Å². The van der Waals surface area contributed by atoms with E-state index in [4.69, 9.17) is 0 Å². The SMILES string of the molecule is CC.CCc1cc(C(F)(F)F)c(=O)[nH]n1. The van der Waals surface area contributed by atoms with Crippen molar-refractivity contribution in [1.82, 2.24) is 10.2 Å². The third kappa shape index (κ3) is 3.73. The van der Waals surface area contributed by atoms with Gasteiger partial charge in [0.25, 0.3) is 5.56 Å². The Bertz CT molecular complexity index is 357. The summed E-state index contributed by atoms with van der Waals surface area (Å²) in [4.78, 5) is 10.7. The fourth-order valence-corrected chi connectivity index (χ4v) is 0.839. The van der Waals surface area contributed by atoms with Crippen molar-refractivity contribution in [3.8, 4) is 0 Å². The van der Waals surface area contributed by atoms with E-state index < -0.39 is 17.3 Å². The Morgan fingerprint density at radius 1 is 1.40 bits per heavy atom. The Balaban J connectivity index is 0.000000921. The summed E-state index contributed by atoms with van der Waals surface area (Å²) in [5.41, 5.74) is -2.18. The maximum absolute atomic E-state index is 12.1. The molecular formula is C9H13F3N2O. The molecule has 0 radical (unpaired) electrons. The molecule has 0 saturated carbocycles. The highest BCUT2D eigenvalue weighted by Crippen LogP contribution is 2.26. The lowest BCUT2D eigenvalue weighted by molar-refractivity contribution is -0.138. The van der Waals surface area contributed by atoms with Crippen molar-refractivity contribution in [2.45, 2.75) is 33.4 Å². The second-order valence-electron chi connectivity index (χ2n) is 2.45. The van der Waals surface area contributed by atoms with Gasteiger partial charge in [-0.3, -0.25) is 4.79 Å². The van der Waals surface area contributed by atoms with Crippen LogP contribution in [0.4, 0.5) is 13.2 Å². The van der Waals surface area contributed by atoms with E-state index in [-0.39, 0.29) is 5.69 Å². The van der Waals surface area contributed by atoms with Crippen molar-refractivity contribution in [2.75, 3.05) is 0 Å². The molecule has 6 heteroatoms. The van der Waals surface area contributed by atoms with Gasteiger partial charge in [0.05, 0.1) is 5.69 Å². The van der Waals surface area contributed by atoms with Crippen LogP contribution in [0.1, 0.15) is 32.0 Å². The minimum absolute atomic E-state index is 0.215. The summed E-state index contributed by atoms with van der Waals surface area (Å²) >= 11 is 0. The molecule has 86 valence electrons. The number of alkyl halides is 3. The Kier molecular flexibility index (Phi) is 5.04. The number of nitrogens with zero attached hydrogens (tertiary/aromatic N) is 1. The van der Waals surface area contributed by atoms with Crippen molar-refractivity contribution in [1.29, 1.82) is 0 Å². The molecule has 0 saturated heterocycles. The van der Waals surface area contributed by atoms with E-state index in [2.05, 4.69) is 5.10 Å². The average molecular weight is 222 g/mol. The third-order valence-corrected chi connectivity index (χ3v) is 1.52. The van der Waals surface area contributed by atoms with Crippen LogP contribution in [0.25, 0.3) is 0 Å². The molecule has 0 spiro atoms. The second kappa shape index (κ2) is 5.53. The molecule has 0 aliphatic carbocycles. The zero-order chi connectivity index (χ0) is 12.1. The Morgan fingerprint density at radius 3 is 2.33 bits per heavy atom. The summed E-state index contributed by atoms with van der Waals surface area (Å²) in [6.45, 7) is 5.65. The van der Waals surface area contributed by atoms with Crippen LogP contribution in [0.3, 0.4) is 0 Å². The summed E-state index contributed by atoms with van der Waals surface area (Å²) in [5.74, 6) is 0. The lowest BCUT2D eigenvalue weighted by Gasteiger charge is -2.05. The van der Waals surface area contributed by atoms with Gasteiger partial charge in [-0.1, -0.05) is 20.8 Å². The molecule has 0 bridgehead atoms. The molecule has 1 rings (SSSR count). The molecular weight excluding hydrogens is 209 g/mol. The zero-order valence-corrected chi connectivity index (χ0v) is 8.77. The number of halogens is 3. The fourth-order valence-electron chi connectivity index (χ4n) is 0.839. The number of hydrogen-bond donors (Lipinski definition) is 1. The largest absolute Gasteiger partial charge is 0.421 e. The molecule has 1 aromatic heterocycles. The molecule has 0 aromatic carbocycles. The minimum Gasteiger partial charge on any atom is -0.267 e. The maximum Gasteiger partial charge on any atom is 0.421 e. The first-order valence-electron chi connectivity index (χ1n) is 4.61. The zero-order valence-electron chi connectivity index (χ0n) is 8.77. The average Bonchev–Trinajstić information content (AvgIpc) is 2.20. The Labute approximate surface area is 85.3 Å². The van der Waals surface area contributed by atoms with Gasteiger partial charge in [-0.2, -0.15) is 18.3 Å². The van der Waals surface area contributed by atoms with Crippen LogP contribution in [0.5, 0.6) is 0 Å². The standard InChI is InChI=1S/C7H7F3N2O.C2H6/c1-2-4-3-5(7(8,9)10)6(13)12-11-4;1-2/h3H,2H2,1H3,(H,12,13);1-2H3. The van der Waals surface area contributed by atoms with Crippen LogP contribution < -0.4 is 5.56 Å². The van der Waals surface area contributed by atoms with Gasteiger partial charge >= 0.3 is 6.18 Å². The normalized spacial score (nSPS) is 10.5. The molecule has 0 fully saturated rings. The molecule has 15 heavy (non-hydrogen) atoms. The smallest absolute Gasteiger partial charge is 0.267 e. The number of aryl methyl sites for hydroxylation is 1. The van der Waals surface area contributed by atoms with Gasteiger partial charge in [0.2, 0.25) is 0 Å². The topological polar surface area (TPSA) is 45.8 Å². The van der Waals surface area contributed by atoms with Crippen LogP contribution in [0.15, 0.2) is 10.9 Å². The highest BCUT2D eigenvalue weighted by molar-refractivity contribution is 5.15. The van der Waals surface area contributed by atoms with E-state index in [0.717, 1.165) is 6.07 Å². The number of rotatable bonds is 1. The molecule has 0 aliphatic rings. The lowest BCUT2D eigenvalue weighted by Crippen LogP contribution is -2.23. The van der Waals surface area contributed by atoms with Crippen LogP contribution >= 0.6 is 0 Å².